The molecule has 0 saturated carbocycles. The molecule has 0 aliphatic carbocycles. The number of nitrogens with one attached hydrogen (secondary N) is 1. The van der Waals surface area contributed by atoms with E-state index in [4.69, 9.17) is 33.3 Å². The lowest BCUT2D eigenvalue weighted by atomic mass is 10.1. The van der Waals surface area contributed by atoms with Gasteiger partial charge in [-0.25, -0.2) is 4.39 Å². The minimum atomic E-state index is -0.570. The van der Waals surface area contributed by atoms with Gasteiger partial charge in [-0.1, -0.05) is 11.6 Å². The van der Waals surface area contributed by atoms with Gasteiger partial charge in [0.1, 0.15) is 23.0 Å². The van der Waals surface area contributed by atoms with Crippen molar-refractivity contribution < 1.29 is 18.7 Å². The highest BCUT2D eigenvalue weighted by atomic mass is 35.5. The Labute approximate surface area is 160 Å². The van der Waals surface area contributed by atoms with Crippen LogP contribution in [0.4, 0.5) is 10.1 Å². The number of rotatable bonds is 4. The van der Waals surface area contributed by atoms with Crippen LogP contribution in [-0.4, -0.2) is 25.2 Å². The second-order valence-electron chi connectivity index (χ2n) is 5.34. The molecule has 1 amide bonds. The van der Waals surface area contributed by atoms with Crippen molar-refractivity contribution in [2.45, 2.75) is 0 Å². The van der Waals surface area contributed by atoms with E-state index in [9.17, 15) is 9.18 Å². The normalized spacial score (nSPS) is 15.4. The molecule has 1 fully saturated rings. The van der Waals surface area contributed by atoms with Gasteiger partial charge in [0, 0.05) is 11.6 Å². The lowest BCUT2D eigenvalue weighted by Crippen LogP contribution is -2.30. The molecule has 2 aromatic rings. The van der Waals surface area contributed by atoms with Crippen LogP contribution in [-0.2, 0) is 4.79 Å². The number of halogens is 2. The summed E-state index contributed by atoms with van der Waals surface area (Å²) >= 11 is 11.0. The Morgan fingerprint density at radius 3 is 2.62 bits per heavy atom. The van der Waals surface area contributed by atoms with Gasteiger partial charge >= 0.3 is 0 Å². The zero-order valence-electron chi connectivity index (χ0n) is 13.9. The third-order valence-electron chi connectivity index (χ3n) is 3.78. The molecule has 3 rings (SSSR count). The van der Waals surface area contributed by atoms with E-state index in [1.54, 1.807) is 31.4 Å². The summed E-state index contributed by atoms with van der Waals surface area (Å²) in [6.45, 7) is 0. The highest BCUT2D eigenvalue weighted by molar-refractivity contribution is 7.80. The number of carbonyl (C=O) groups excluding carboxylic acids is 1. The van der Waals surface area contributed by atoms with Crippen LogP contribution in [0.3, 0.4) is 0 Å². The second kappa shape index (κ2) is 7.31. The van der Waals surface area contributed by atoms with Gasteiger partial charge in [-0.3, -0.25) is 9.69 Å². The van der Waals surface area contributed by atoms with Gasteiger partial charge in [0.05, 0.1) is 24.9 Å². The average molecular weight is 393 g/mol. The molecule has 5 nitrogen and oxygen atoms in total. The maximum atomic E-state index is 13.4. The first-order chi connectivity index (χ1) is 12.4. The Hall–Kier alpha value is -2.64. The predicted molar refractivity (Wildman–Crippen MR) is 102 cm³/mol. The fraction of sp³-hybridized carbons (Fsp3) is 0.111. The lowest BCUT2D eigenvalue weighted by molar-refractivity contribution is -0.113. The number of hydrogen-bond acceptors (Lipinski definition) is 4. The van der Waals surface area contributed by atoms with Crippen molar-refractivity contribution in [3.8, 4) is 11.5 Å². The van der Waals surface area contributed by atoms with Crippen LogP contribution >= 0.6 is 23.8 Å². The fourth-order valence-electron chi connectivity index (χ4n) is 2.49. The average Bonchev–Trinajstić information content (AvgIpc) is 2.91. The molecular formula is C18H14ClFN2O3S. The van der Waals surface area contributed by atoms with Crippen molar-refractivity contribution in [3.63, 3.8) is 0 Å². The molecule has 0 atom stereocenters. The van der Waals surface area contributed by atoms with Crippen molar-refractivity contribution in [3.05, 3.63) is 58.5 Å². The van der Waals surface area contributed by atoms with Gasteiger partial charge in [-0.2, -0.15) is 0 Å². The zero-order valence-corrected chi connectivity index (χ0v) is 15.5. The predicted octanol–water partition coefficient (Wildman–Crippen LogP) is 3.76. The number of benzene rings is 2. The van der Waals surface area contributed by atoms with E-state index in [0.717, 1.165) is 0 Å². The van der Waals surface area contributed by atoms with Gasteiger partial charge in [0.2, 0.25) is 0 Å². The molecule has 2 aromatic carbocycles. The minimum absolute atomic E-state index is 0.0904. The standard InChI is InChI=1S/C18H14ClFN2O3S/c1-24-12-5-3-10(16(9-12)25-2)7-15-17(23)22(18(26)21-15)11-4-6-14(20)13(19)8-11/h3-9H,1-2H3,(H,21,26). The molecule has 0 bridgehead atoms. The van der Waals surface area contributed by atoms with Gasteiger partial charge in [0.15, 0.2) is 5.11 Å². The molecule has 0 aromatic heterocycles. The number of anilines is 1. The maximum absolute atomic E-state index is 13.4. The van der Waals surface area contributed by atoms with E-state index >= 15 is 0 Å². The third kappa shape index (κ3) is 3.36. The van der Waals surface area contributed by atoms with Crippen molar-refractivity contribution in [2.75, 3.05) is 19.1 Å². The van der Waals surface area contributed by atoms with Gasteiger partial charge < -0.3 is 14.8 Å². The number of ether oxygens (including phenoxy) is 2. The van der Waals surface area contributed by atoms with Crippen molar-refractivity contribution in [1.82, 2.24) is 5.32 Å². The Balaban J connectivity index is 1.96. The molecule has 0 spiro atoms. The van der Waals surface area contributed by atoms with Crippen LogP contribution in [0.5, 0.6) is 11.5 Å². The molecule has 1 aliphatic heterocycles. The van der Waals surface area contributed by atoms with E-state index in [1.165, 1.54) is 30.2 Å². The first-order valence-electron chi connectivity index (χ1n) is 7.49. The molecule has 8 heteroatoms. The number of amides is 1. The molecule has 0 unspecified atom stereocenters. The first-order valence-corrected chi connectivity index (χ1v) is 8.27. The summed E-state index contributed by atoms with van der Waals surface area (Å²) in [5.41, 5.74) is 1.31. The molecular weight excluding hydrogens is 379 g/mol. The second-order valence-corrected chi connectivity index (χ2v) is 6.13. The smallest absolute Gasteiger partial charge is 0.281 e. The fourth-order valence-corrected chi connectivity index (χ4v) is 2.96. The Kier molecular flexibility index (Phi) is 5.11. The highest BCUT2D eigenvalue weighted by Crippen LogP contribution is 2.29. The Morgan fingerprint density at radius 2 is 1.96 bits per heavy atom. The SMILES string of the molecule is COc1ccc(C=C2NC(=S)N(c3ccc(F)c(Cl)c3)C2=O)c(OC)c1. The summed E-state index contributed by atoms with van der Waals surface area (Å²) < 4.78 is 23.9. The summed E-state index contributed by atoms with van der Waals surface area (Å²) in [4.78, 5) is 14.0. The van der Waals surface area contributed by atoms with Crippen LogP contribution < -0.4 is 19.7 Å². The van der Waals surface area contributed by atoms with Crippen molar-refractivity contribution in [2.24, 2.45) is 0 Å². The molecule has 1 N–H and O–H groups in total. The lowest BCUT2D eigenvalue weighted by Gasteiger charge is -2.14. The summed E-state index contributed by atoms with van der Waals surface area (Å²) in [6.07, 6.45) is 1.62. The summed E-state index contributed by atoms with van der Waals surface area (Å²) in [5, 5.41) is 2.95. The topological polar surface area (TPSA) is 50.8 Å². The number of carbonyl (C=O) groups is 1. The largest absolute Gasteiger partial charge is 0.497 e. The quantitative estimate of drug-likeness (QED) is 0.634. The molecule has 1 heterocycles. The van der Waals surface area contributed by atoms with E-state index in [0.29, 0.717) is 22.7 Å². The van der Waals surface area contributed by atoms with E-state index < -0.39 is 5.82 Å². The number of thiocarbonyl (C=S) groups is 1. The maximum Gasteiger partial charge on any atom is 0.281 e. The first kappa shape index (κ1) is 18.2. The van der Waals surface area contributed by atoms with Crippen LogP contribution in [0.1, 0.15) is 5.56 Å². The number of hydrogen-bond donors (Lipinski definition) is 1. The van der Waals surface area contributed by atoms with Gasteiger partial charge in [-0.05, 0) is 48.6 Å². The van der Waals surface area contributed by atoms with Gasteiger partial charge in [0.25, 0.3) is 5.91 Å². The van der Waals surface area contributed by atoms with Crippen LogP contribution in [0.2, 0.25) is 5.02 Å². The molecule has 1 aliphatic rings. The van der Waals surface area contributed by atoms with E-state index in [2.05, 4.69) is 5.32 Å². The summed E-state index contributed by atoms with van der Waals surface area (Å²) in [6, 6.07) is 9.19. The Bertz CT molecular complexity index is 933. The minimum Gasteiger partial charge on any atom is -0.497 e. The summed E-state index contributed by atoms with van der Waals surface area (Å²) in [7, 11) is 3.08. The summed E-state index contributed by atoms with van der Waals surface area (Å²) in [5.74, 6) is 0.226. The van der Waals surface area contributed by atoms with Crippen LogP contribution in [0.25, 0.3) is 6.08 Å². The third-order valence-corrected chi connectivity index (χ3v) is 4.35. The zero-order chi connectivity index (χ0) is 18.8. The molecule has 26 heavy (non-hydrogen) atoms. The molecule has 0 radical (unpaired) electrons. The van der Waals surface area contributed by atoms with E-state index in [-0.39, 0.29) is 21.7 Å². The molecule has 1 saturated heterocycles. The highest BCUT2D eigenvalue weighted by Gasteiger charge is 2.32. The number of methoxy groups -OCH3 is 2. The van der Waals surface area contributed by atoms with Crippen molar-refractivity contribution >= 4 is 46.6 Å². The van der Waals surface area contributed by atoms with Crippen molar-refractivity contribution in [1.29, 1.82) is 0 Å². The van der Waals surface area contributed by atoms with Gasteiger partial charge in [-0.15, -0.1) is 0 Å². The monoisotopic (exact) mass is 392 g/mol. The number of nitrogens with zero attached hydrogens (tertiary/aromatic N) is 1. The van der Waals surface area contributed by atoms with E-state index in [1.807, 2.05) is 0 Å². The molecule has 134 valence electrons. The van der Waals surface area contributed by atoms with Crippen LogP contribution in [0, 0.1) is 5.82 Å². The Morgan fingerprint density at radius 1 is 1.19 bits per heavy atom. The van der Waals surface area contributed by atoms with Crippen LogP contribution in [0.15, 0.2) is 42.1 Å².